The quantitative estimate of drug-likeness (QED) is 0.882. The van der Waals surface area contributed by atoms with Gasteiger partial charge in [0.25, 0.3) is 5.91 Å². The van der Waals surface area contributed by atoms with Crippen LogP contribution < -0.4 is 5.32 Å². The molecule has 22 heavy (non-hydrogen) atoms. The molecule has 3 heterocycles. The lowest BCUT2D eigenvalue weighted by Gasteiger charge is -2.08. The molecule has 2 aromatic rings. The van der Waals surface area contributed by atoms with E-state index < -0.39 is 5.97 Å². The summed E-state index contributed by atoms with van der Waals surface area (Å²) in [5, 5.41) is 15.4. The second-order valence-corrected chi connectivity index (χ2v) is 5.27. The number of fused-ring (bicyclic) bond motifs is 1. The number of carbonyl (C=O) groups excluding carboxylic acids is 1. The number of nitrogens with one attached hydrogen (secondary N) is 1. The van der Waals surface area contributed by atoms with E-state index in [1.807, 2.05) is 4.57 Å². The lowest BCUT2D eigenvalue weighted by molar-refractivity contribution is -0.137. The molecule has 0 unspecified atom stereocenters. The molecule has 0 spiro atoms. The minimum absolute atomic E-state index is 0.238. The van der Waals surface area contributed by atoms with Crippen LogP contribution in [0.4, 0.5) is 5.82 Å². The number of aliphatic carboxylic acids is 1. The highest BCUT2D eigenvalue weighted by Crippen LogP contribution is 2.17. The number of imidazole rings is 1. The number of hydrogen-bond donors (Lipinski definition) is 2. The van der Waals surface area contributed by atoms with Crippen LogP contribution >= 0.6 is 0 Å². The molecule has 8 nitrogen and oxygen atoms in total. The van der Waals surface area contributed by atoms with Crippen molar-refractivity contribution in [2.24, 2.45) is 0 Å². The summed E-state index contributed by atoms with van der Waals surface area (Å²) in [5.41, 5.74) is 0.518. The van der Waals surface area contributed by atoms with E-state index in [4.69, 9.17) is 5.11 Å². The molecule has 2 aromatic heterocycles. The summed E-state index contributed by atoms with van der Waals surface area (Å²) in [7, 11) is 0. The number of carboxylic acid groups (broad SMARTS) is 1. The van der Waals surface area contributed by atoms with Gasteiger partial charge in [-0.25, -0.2) is 4.98 Å². The van der Waals surface area contributed by atoms with Crippen LogP contribution in [0.25, 0.3) is 0 Å². The molecule has 0 radical (unpaired) electrons. The minimum atomic E-state index is -0.984. The van der Waals surface area contributed by atoms with Gasteiger partial charge in [-0.15, -0.1) is 0 Å². The molecule has 1 aliphatic heterocycles. The predicted octanol–water partition coefficient (Wildman–Crippen LogP) is 1.14. The van der Waals surface area contributed by atoms with Gasteiger partial charge in [0.2, 0.25) is 0 Å². The number of amides is 1. The Bertz CT molecular complexity index is 703. The maximum absolute atomic E-state index is 12.4. The molecular formula is C14H17N5O3. The fourth-order valence-corrected chi connectivity index (χ4v) is 2.61. The minimum Gasteiger partial charge on any atom is -0.480 e. The standard InChI is InChI=1S/C14H17N5O3/c20-13(21)9-18-7-5-11(17-18)16-14(22)10-8-15-12-4-2-1-3-6-19(10)12/h5,7-8H,1-4,6,9H2,(H,20,21)(H,16,17,22). The van der Waals surface area contributed by atoms with E-state index in [1.54, 1.807) is 12.3 Å². The van der Waals surface area contributed by atoms with E-state index in [-0.39, 0.29) is 12.5 Å². The van der Waals surface area contributed by atoms with Crippen LogP contribution in [-0.4, -0.2) is 36.3 Å². The highest BCUT2D eigenvalue weighted by atomic mass is 16.4. The van der Waals surface area contributed by atoms with Crippen molar-refractivity contribution < 1.29 is 14.7 Å². The highest BCUT2D eigenvalue weighted by molar-refractivity contribution is 6.02. The van der Waals surface area contributed by atoms with Crippen molar-refractivity contribution in [2.45, 2.75) is 38.8 Å². The van der Waals surface area contributed by atoms with Crippen LogP contribution in [0.3, 0.4) is 0 Å². The van der Waals surface area contributed by atoms with Gasteiger partial charge in [-0.3, -0.25) is 14.3 Å². The maximum atomic E-state index is 12.4. The molecule has 1 amide bonds. The van der Waals surface area contributed by atoms with Gasteiger partial charge in [0.1, 0.15) is 18.1 Å². The van der Waals surface area contributed by atoms with Crippen molar-refractivity contribution in [3.05, 3.63) is 30.0 Å². The second-order valence-electron chi connectivity index (χ2n) is 5.27. The van der Waals surface area contributed by atoms with E-state index >= 15 is 0 Å². The van der Waals surface area contributed by atoms with Gasteiger partial charge in [0.05, 0.1) is 6.20 Å². The number of anilines is 1. The van der Waals surface area contributed by atoms with E-state index in [0.29, 0.717) is 11.5 Å². The van der Waals surface area contributed by atoms with Gasteiger partial charge in [-0.05, 0) is 12.8 Å². The van der Waals surface area contributed by atoms with Gasteiger partial charge in [-0.2, -0.15) is 5.10 Å². The first-order valence-corrected chi connectivity index (χ1v) is 7.24. The zero-order chi connectivity index (χ0) is 15.5. The van der Waals surface area contributed by atoms with Crippen molar-refractivity contribution >= 4 is 17.7 Å². The van der Waals surface area contributed by atoms with Gasteiger partial charge in [-0.1, -0.05) is 6.42 Å². The van der Waals surface area contributed by atoms with Gasteiger partial charge < -0.3 is 15.0 Å². The molecule has 0 bridgehead atoms. The molecule has 2 N–H and O–H groups in total. The zero-order valence-electron chi connectivity index (χ0n) is 12.0. The lowest BCUT2D eigenvalue weighted by Crippen LogP contribution is -2.18. The van der Waals surface area contributed by atoms with Gasteiger partial charge in [0, 0.05) is 25.2 Å². The summed E-state index contributed by atoms with van der Waals surface area (Å²) >= 11 is 0. The Morgan fingerprint density at radius 3 is 3.00 bits per heavy atom. The molecule has 1 aliphatic rings. The molecule has 0 atom stereocenters. The molecule has 3 rings (SSSR count). The van der Waals surface area contributed by atoms with Crippen LogP contribution in [-0.2, 0) is 24.3 Å². The average molecular weight is 303 g/mol. The van der Waals surface area contributed by atoms with Crippen LogP contribution in [0.15, 0.2) is 18.5 Å². The van der Waals surface area contributed by atoms with Crippen LogP contribution in [0, 0.1) is 0 Å². The number of aryl methyl sites for hydroxylation is 1. The van der Waals surface area contributed by atoms with E-state index in [0.717, 1.165) is 38.1 Å². The smallest absolute Gasteiger partial charge is 0.325 e. The van der Waals surface area contributed by atoms with Crippen molar-refractivity contribution in [1.29, 1.82) is 0 Å². The van der Waals surface area contributed by atoms with Crippen LogP contribution in [0.1, 0.15) is 35.6 Å². The van der Waals surface area contributed by atoms with Crippen LogP contribution in [0.2, 0.25) is 0 Å². The van der Waals surface area contributed by atoms with Gasteiger partial charge in [0.15, 0.2) is 5.82 Å². The second kappa shape index (κ2) is 6.00. The number of rotatable bonds is 4. The predicted molar refractivity (Wildman–Crippen MR) is 77.6 cm³/mol. The monoisotopic (exact) mass is 303 g/mol. The third-order valence-electron chi connectivity index (χ3n) is 3.63. The first-order valence-electron chi connectivity index (χ1n) is 7.24. The topological polar surface area (TPSA) is 102 Å². The van der Waals surface area contributed by atoms with Gasteiger partial charge >= 0.3 is 5.97 Å². The third kappa shape index (κ3) is 3.00. The Morgan fingerprint density at radius 1 is 1.32 bits per heavy atom. The first kappa shape index (κ1) is 14.3. The first-order chi connectivity index (χ1) is 10.6. The Labute approximate surface area is 126 Å². The molecule has 116 valence electrons. The number of carboxylic acids is 1. The Kier molecular flexibility index (Phi) is 3.90. The van der Waals surface area contributed by atoms with Crippen molar-refractivity contribution in [3.63, 3.8) is 0 Å². The molecular weight excluding hydrogens is 286 g/mol. The number of aromatic nitrogens is 4. The van der Waals surface area contributed by atoms with Crippen LogP contribution in [0.5, 0.6) is 0 Å². The zero-order valence-corrected chi connectivity index (χ0v) is 12.0. The number of hydrogen-bond acceptors (Lipinski definition) is 4. The molecule has 0 fully saturated rings. The summed E-state index contributed by atoms with van der Waals surface area (Å²) in [6, 6.07) is 1.57. The summed E-state index contributed by atoms with van der Waals surface area (Å²) in [6.07, 6.45) is 7.27. The third-order valence-corrected chi connectivity index (χ3v) is 3.63. The number of nitrogens with zero attached hydrogens (tertiary/aromatic N) is 4. The summed E-state index contributed by atoms with van der Waals surface area (Å²) in [6.45, 7) is 0.559. The van der Waals surface area contributed by atoms with Crippen molar-refractivity contribution in [3.8, 4) is 0 Å². The highest BCUT2D eigenvalue weighted by Gasteiger charge is 2.18. The summed E-state index contributed by atoms with van der Waals surface area (Å²) in [4.78, 5) is 27.3. The Morgan fingerprint density at radius 2 is 2.18 bits per heavy atom. The normalized spacial score (nSPS) is 14.2. The van der Waals surface area contributed by atoms with E-state index in [1.165, 1.54) is 10.9 Å². The van der Waals surface area contributed by atoms with Crippen molar-refractivity contribution in [2.75, 3.05) is 5.32 Å². The fourth-order valence-electron chi connectivity index (χ4n) is 2.61. The molecule has 0 aliphatic carbocycles. The maximum Gasteiger partial charge on any atom is 0.325 e. The largest absolute Gasteiger partial charge is 0.480 e. The average Bonchev–Trinajstić information content (AvgIpc) is 2.99. The molecule has 0 aromatic carbocycles. The Balaban J connectivity index is 1.73. The molecule has 8 heteroatoms. The summed E-state index contributed by atoms with van der Waals surface area (Å²) in [5.74, 6) is 0.0118. The summed E-state index contributed by atoms with van der Waals surface area (Å²) < 4.78 is 3.21. The van der Waals surface area contributed by atoms with Crippen molar-refractivity contribution in [1.82, 2.24) is 19.3 Å². The molecule has 0 saturated carbocycles. The molecule has 0 saturated heterocycles. The van der Waals surface area contributed by atoms with E-state index in [2.05, 4.69) is 15.4 Å². The Hall–Kier alpha value is -2.64. The number of carbonyl (C=O) groups is 2. The lowest BCUT2D eigenvalue weighted by atomic mass is 10.2. The SMILES string of the molecule is O=C(O)Cn1ccc(NC(=O)c2cnc3n2CCCCC3)n1. The van der Waals surface area contributed by atoms with E-state index in [9.17, 15) is 9.59 Å². The fraction of sp³-hybridized carbons (Fsp3) is 0.429.